The summed E-state index contributed by atoms with van der Waals surface area (Å²) in [6.07, 6.45) is -4.62. The van der Waals surface area contributed by atoms with E-state index in [1.807, 2.05) is 0 Å². The fraction of sp³-hybridized carbons (Fsp3) is 0.200. The molecule has 138 valence electrons. The maximum absolute atomic E-state index is 12.8. The van der Waals surface area contributed by atoms with Crippen LogP contribution in [0.5, 0.6) is 0 Å². The molecule has 11 heteroatoms. The fourth-order valence-electron chi connectivity index (χ4n) is 2.23. The molecular formula is C15H11ClF3N3O4. The standard InChI is InChI=1S/C15H11ClF3N3O4/c16-11-3-1-9(2-4-11)5-6-20-14-12(21(23)24)7-10(15(17,18)19)8-13(14)22(25)26/h1-4,7-8,20H,5-6H2. The van der Waals surface area contributed by atoms with Crippen LogP contribution in [0.2, 0.25) is 5.02 Å². The Kier molecular flexibility index (Phi) is 5.66. The summed E-state index contributed by atoms with van der Waals surface area (Å²) in [6, 6.07) is 7.19. The summed E-state index contributed by atoms with van der Waals surface area (Å²) in [5.41, 5.74) is -3.26. The van der Waals surface area contributed by atoms with Crippen molar-refractivity contribution >= 4 is 28.7 Å². The average Bonchev–Trinajstić information content (AvgIpc) is 2.55. The van der Waals surface area contributed by atoms with Gasteiger partial charge in [0.2, 0.25) is 0 Å². The van der Waals surface area contributed by atoms with Crippen molar-refractivity contribution in [3.05, 3.63) is 72.8 Å². The second-order valence-electron chi connectivity index (χ2n) is 5.20. The third-order valence-corrected chi connectivity index (χ3v) is 3.70. The highest BCUT2D eigenvalue weighted by Crippen LogP contribution is 2.41. The minimum Gasteiger partial charge on any atom is -0.374 e. The van der Waals surface area contributed by atoms with Crippen LogP contribution in [-0.4, -0.2) is 16.4 Å². The number of nitro benzene ring substituents is 2. The molecule has 0 bridgehead atoms. The SMILES string of the molecule is O=[N+]([O-])c1cc(C(F)(F)F)cc([N+](=O)[O-])c1NCCc1ccc(Cl)cc1. The molecule has 2 rings (SSSR count). The summed E-state index contributed by atoms with van der Waals surface area (Å²) in [6.45, 7) is 0.0364. The number of hydrogen-bond donors (Lipinski definition) is 1. The minimum atomic E-state index is -4.95. The molecule has 0 saturated carbocycles. The highest BCUT2D eigenvalue weighted by atomic mass is 35.5. The van der Waals surface area contributed by atoms with Gasteiger partial charge in [0, 0.05) is 23.7 Å². The number of nitro groups is 2. The number of nitrogens with zero attached hydrogens (tertiary/aromatic N) is 2. The monoisotopic (exact) mass is 389 g/mol. The van der Waals surface area contributed by atoms with E-state index in [1.165, 1.54) is 0 Å². The van der Waals surface area contributed by atoms with Crippen molar-refractivity contribution in [2.45, 2.75) is 12.6 Å². The lowest BCUT2D eigenvalue weighted by molar-refractivity contribution is -0.392. The van der Waals surface area contributed by atoms with E-state index in [-0.39, 0.29) is 18.7 Å². The Labute approximate surface area is 149 Å². The topological polar surface area (TPSA) is 98.3 Å². The van der Waals surface area contributed by atoms with E-state index >= 15 is 0 Å². The van der Waals surface area contributed by atoms with Crippen molar-refractivity contribution in [3.63, 3.8) is 0 Å². The second kappa shape index (κ2) is 7.56. The molecule has 0 spiro atoms. The minimum absolute atomic E-state index is 0.0364. The van der Waals surface area contributed by atoms with Crippen molar-refractivity contribution in [1.29, 1.82) is 0 Å². The first-order valence-corrected chi connectivity index (χ1v) is 7.49. The molecule has 0 fully saturated rings. The van der Waals surface area contributed by atoms with Gasteiger partial charge in [-0.2, -0.15) is 13.2 Å². The predicted molar refractivity (Wildman–Crippen MR) is 88.4 cm³/mol. The second-order valence-corrected chi connectivity index (χ2v) is 5.64. The summed E-state index contributed by atoms with van der Waals surface area (Å²) < 4.78 is 38.5. The van der Waals surface area contributed by atoms with Gasteiger partial charge >= 0.3 is 6.18 Å². The van der Waals surface area contributed by atoms with Crippen molar-refractivity contribution in [1.82, 2.24) is 0 Å². The number of alkyl halides is 3. The number of benzene rings is 2. The molecule has 0 radical (unpaired) electrons. The zero-order valence-corrected chi connectivity index (χ0v) is 13.7. The van der Waals surface area contributed by atoms with Crippen LogP contribution in [0.15, 0.2) is 36.4 Å². The Bertz CT molecular complexity index is 806. The van der Waals surface area contributed by atoms with Gasteiger partial charge in [0.25, 0.3) is 11.4 Å². The summed E-state index contributed by atoms with van der Waals surface area (Å²) >= 11 is 5.75. The number of rotatable bonds is 6. The maximum Gasteiger partial charge on any atom is 0.416 e. The molecule has 0 aromatic heterocycles. The summed E-state index contributed by atoms with van der Waals surface area (Å²) in [7, 11) is 0. The molecule has 1 N–H and O–H groups in total. The van der Waals surface area contributed by atoms with E-state index in [0.717, 1.165) is 5.56 Å². The number of nitrogens with one attached hydrogen (secondary N) is 1. The molecule has 7 nitrogen and oxygen atoms in total. The number of halogens is 4. The third kappa shape index (κ3) is 4.60. The Morgan fingerprint density at radius 1 is 1.00 bits per heavy atom. The molecule has 0 atom stereocenters. The van der Waals surface area contributed by atoms with Crippen LogP contribution < -0.4 is 5.32 Å². The van der Waals surface area contributed by atoms with Crippen LogP contribution >= 0.6 is 11.6 Å². The first-order valence-electron chi connectivity index (χ1n) is 7.12. The number of anilines is 1. The Hall–Kier alpha value is -2.88. The van der Waals surface area contributed by atoms with E-state index < -0.39 is 38.6 Å². The third-order valence-electron chi connectivity index (χ3n) is 3.45. The van der Waals surface area contributed by atoms with Gasteiger partial charge in [-0.15, -0.1) is 0 Å². The molecule has 2 aromatic rings. The lowest BCUT2D eigenvalue weighted by atomic mass is 10.1. The quantitative estimate of drug-likeness (QED) is 0.563. The Morgan fingerprint density at radius 2 is 1.50 bits per heavy atom. The Balaban J connectivity index is 2.34. The fourth-order valence-corrected chi connectivity index (χ4v) is 2.35. The molecular weight excluding hydrogens is 379 g/mol. The van der Waals surface area contributed by atoms with Gasteiger partial charge in [-0.3, -0.25) is 20.2 Å². The van der Waals surface area contributed by atoms with Crippen molar-refractivity contribution in [3.8, 4) is 0 Å². The van der Waals surface area contributed by atoms with Crippen LogP contribution in [-0.2, 0) is 12.6 Å². The molecule has 0 aliphatic rings. The van der Waals surface area contributed by atoms with Crippen LogP contribution in [0, 0.1) is 20.2 Å². The molecule has 0 aliphatic heterocycles. The zero-order chi connectivity index (χ0) is 19.5. The van der Waals surface area contributed by atoms with Gasteiger partial charge in [0.05, 0.1) is 15.4 Å². The summed E-state index contributed by atoms with van der Waals surface area (Å²) in [5.74, 6) is 0. The zero-order valence-electron chi connectivity index (χ0n) is 12.9. The van der Waals surface area contributed by atoms with E-state index in [2.05, 4.69) is 5.32 Å². The lowest BCUT2D eigenvalue weighted by Gasteiger charge is -2.11. The highest BCUT2D eigenvalue weighted by molar-refractivity contribution is 6.30. The molecule has 0 unspecified atom stereocenters. The van der Waals surface area contributed by atoms with Crippen LogP contribution in [0.25, 0.3) is 0 Å². The van der Waals surface area contributed by atoms with Gasteiger partial charge in [0.15, 0.2) is 5.69 Å². The first-order chi connectivity index (χ1) is 12.1. The summed E-state index contributed by atoms with van der Waals surface area (Å²) in [4.78, 5) is 20.0. The molecule has 0 heterocycles. The summed E-state index contributed by atoms with van der Waals surface area (Å²) in [5, 5.41) is 25.2. The molecule has 0 saturated heterocycles. The largest absolute Gasteiger partial charge is 0.416 e. The smallest absolute Gasteiger partial charge is 0.374 e. The Morgan fingerprint density at radius 3 is 1.92 bits per heavy atom. The van der Waals surface area contributed by atoms with Crippen LogP contribution in [0.4, 0.5) is 30.2 Å². The van der Waals surface area contributed by atoms with Gasteiger partial charge in [-0.25, -0.2) is 0 Å². The molecule has 26 heavy (non-hydrogen) atoms. The van der Waals surface area contributed by atoms with Crippen LogP contribution in [0.1, 0.15) is 11.1 Å². The van der Waals surface area contributed by atoms with Gasteiger partial charge in [-0.1, -0.05) is 23.7 Å². The van der Waals surface area contributed by atoms with E-state index in [4.69, 9.17) is 11.6 Å². The number of hydrogen-bond acceptors (Lipinski definition) is 5. The van der Waals surface area contributed by atoms with E-state index in [1.54, 1.807) is 24.3 Å². The van der Waals surface area contributed by atoms with Crippen molar-refractivity contribution in [2.24, 2.45) is 0 Å². The van der Waals surface area contributed by atoms with Gasteiger partial charge < -0.3 is 5.32 Å². The van der Waals surface area contributed by atoms with Gasteiger partial charge in [0.1, 0.15) is 0 Å². The molecule has 0 aliphatic carbocycles. The van der Waals surface area contributed by atoms with E-state index in [9.17, 15) is 33.4 Å². The van der Waals surface area contributed by atoms with E-state index in [0.29, 0.717) is 11.4 Å². The van der Waals surface area contributed by atoms with Crippen molar-refractivity contribution in [2.75, 3.05) is 11.9 Å². The molecule has 2 aromatic carbocycles. The highest BCUT2D eigenvalue weighted by Gasteiger charge is 2.37. The first kappa shape index (κ1) is 19.4. The average molecular weight is 390 g/mol. The predicted octanol–water partition coefficient (Wildman–Crippen LogP) is 4.83. The van der Waals surface area contributed by atoms with Crippen LogP contribution in [0.3, 0.4) is 0 Å². The lowest BCUT2D eigenvalue weighted by Crippen LogP contribution is -2.12. The van der Waals surface area contributed by atoms with Gasteiger partial charge in [-0.05, 0) is 24.1 Å². The molecule has 0 amide bonds. The normalized spacial score (nSPS) is 11.2. The van der Waals surface area contributed by atoms with Crippen molar-refractivity contribution < 1.29 is 23.0 Å². The maximum atomic E-state index is 12.8.